The third-order valence-electron chi connectivity index (χ3n) is 9.25. The molecule has 0 bridgehead atoms. The first-order chi connectivity index (χ1) is 21.0. The molecule has 2 aromatic heterocycles. The maximum absolute atomic E-state index is 2.48. The van der Waals surface area contributed by atoms with Gasteiger partial charge in [0.2, 0.25) is 0 Å². The molecule has 0 amide bonds. The van der Waals surface area contributed by atoms with Gasteiger partial charge in [-0.1, -0.05) is 108 Å². The van der Waals surface area contributed by atoms with Crippen LogP contribution < -0.4 is 4.57 Å². The van der Waals surface area contributed by atoms with Crippen LogP contribution in [0.4, 0.5) is 0 Å². The zero-order valence-electron chi connectivity index (χ0n) is 27.2. The smallest absolute Gasteiger partial charge is 0.264 e. The Labute approximate surface area is 261 Å². The average Bonchev–Trinajstić information content (AvgIpc) is 3.47. The average molecular weight is 577 g/mol. The molecule has 0 radical (unpaired) electrons. The summed E-state index contributed by atoms with van der Waals surface area (Å²) in [5.74, 6) is 1.17. The molecular formula is C41H42N3+. The molecule has 0 N–H and O–H groups in total. The summed E-state index contributed by atoms with van der Waals surface area (Å²) < 4.78 is 7.37. The highest BCUT2D eigenvalue weighted by atomic mass is 15.2. The largest absolute Gasteiger partial charge is 0.305 e. The molecule has 7 aromatic rings. The van der Waals surface area contributed by atoms with Crippen molar-refractivity contribution < 1.29 is 4.57 Å². The van der Waals surface area contributed by atoms with E-state index in [0.717, 1.165) is 11.4 Å². The van der Waals surface area contributed by atoms with Crippen molar-refractivity contribution >= 4 is 32.8 Å². The highest BCUT2D eigenvalue weighted by Gasteiger charge is 2.31. The van der Waals surface area contributed by atoms with Crippen LogP contribution in [-0.2, 0) is 10.8 Å². The van der Waals surface area contributed by atoms with E-state index in [9.17, 15) is 0 Å². The second-order valence-corrected chi connectivity index (χ2v) is 14.2. The first kappa shape index (κ1) is 28.2. The number of benzene rings is 5. The molecule has 3 heteroatoms. The van der Waals surface area contributed by atoms with Gasteiger partial charge in [0.15, 0.2) is 16.7 Å². The van der Waals surface area contributed by atoms with Crippen molar-refractivity contribution in [2.75, 3.05) is 0 Å². The molecule has 0 spiro atoms. The fourth-order valence-corrected chi connectivity index (χ4v) is 7.07. The van der Waals surface area contributed by atoms with Gasteiger partial charge < -0.3 is 4.57 Å². The minimum Gasteiger partial charge on any atom is -0.305 e. The SMILES string of the molecule is Cc1c(-n2c(C)[n+](-c3ccccc3-n3c4ccccc4c4ccccc43)c3ccccc32)cc(C(C)(C)C)cc1C(C)(C)C. The van der Waals surface area contributed by atoms with Crippen molar-refractivity contribution in [1.82, 2.24) is 9.13 Å². The number of aromatic nitrogens is 3. The van der Waals surface area contributed by atoms with Crippen molar-refractivity contribution in [3.63, 3.8) is 0 Å². The molecule has 7 rings (SSSR count). The number of hydrogen-bond donors (Lipinski definition) is 0. The molecule has 44 heavy (non-hydrogen) atoms. The summed E-state index contributed by atoms with van der Waals surface area (Å²) in [5, 5.41) is 2.54. The van der Waals surface area contributed by atoms with E-state index in [0.29, 0.717) is 0 Å². The van der Waals surface area contributed by atoms with Crippen molar-refractivity contribution in [3.8, 4) is 17.1 Å². The van der Waals surface area contributed by atoms with Crippen LogP contribution in [0.5, 0.6) is 0 Å². The van der Waals surface area contributed by atoms with E-state index in [1.807, 2.05) is 0 Å². The lowest BCUT2D eigenvalue weighted by Gasteiger charge is -2.28. The molecular weight excluding hydrogens is 534 g/mol. The number of para-hydroxylation sites is 6. The lowest BCUT2D eigenvalue weighted by molar-refractivity contribution is -0.575. The normalized spacial score (nSPS) is 12.5. The number of fused-ring (bicyclic) bond motifs is 4. The lowest BCUT2D eigenvalue weighted by atomic mass is 9.78. The molecule has 0 aliphatic heterocycles. The molecule has 0 unspecified atom stereocenters. The maximum Gasteiger partial charge on any atom is 0.264 e. The molecule has 3 nitrogen and oxygen atoms in total. The van der Waals surface area contributed by atoms with Crippen molar-refractivity contribution in [2.24, 2.45) is 0 Å². The van der Waals surface area contributed by atoms with Crippen LogP contribution in [0, 0.1) is 13.8 Å². The summed E-state index contributed by atoms with van der Waals surface area (Å²) in [4.78, 5) is 0. The van der Waals surface area contributed by atoms with Gasteiger partial charge >= 0.3 is 0 Å². The molecule has 2 heterocycles. The van der Waals surface area contributed by atoms with Crippen LogP contribution in [0.1, 0.15) is 64.1 Å². The van der Waals surface area contributed by atoms with Crippen molar-refractivity contribution in [1.29, 1.82) is 0 Å². The zero-order chi connectivity index (χ0) is 31.0. The number of imidazole rings is 1. The van der Waals surface area contributed by atoms with Crippen molar-refractivity contribution in [3.05, 3.63) is 132 Å². The number of hydrogen-bond acceptors (Lipinski definition) is 0. The van der Waals surface area contributed by atoms with E-state index >= 15 is 0 Å². The van der Waals surface area contributed by atoms with Crippen LogP contribution in [0.2, 0.25) is 0 Å². The van der Waals surface area contributed by atoms with Crippen LogP contribution in [0.25, 0.3) is 49.9 Å². The zero-order valence-corrected chi connectivity index (χ0v) is 27.2. The Morgan fingerprint density at radius 2 is 1.07 bits per heavy atom. The Bertz CT molecular complexity index is 2160. The van der Waals surface area contributed by atoms with E-state index in [1.54, 1.807) is 0 Å². The summed E-state index contributed by atoms with van der Waals surface area (Å²) in [6.45, 7) is 18.5. The van der Waals surface area contributed by atoms with Crippen LogP contribution in [0.3, 0.4) is 0 Å². The summed E-state index contributed by atoms with van der Waals surface area (Å²) >= 11 is 0. The lowest BCUT2D eigenvalue weighted by Crippen LogP contribution is -2.35. The minimum atomic E-state index is 0.0239. The fraction of sp³-hybridized carbons (Fsp3) is 0.244. The monoisotopic (exact) mass is 576 g/mol. The molecule has 0 saturated carbocycles. The summed E-state index contributed by atoms with van der Waals surface area (Å²) in [7, 11) is 0. The quantitative estimate of drug-likeness (QED) is 0.186. The van der Waals surface area contributed by atoms with Gasteiger partial charge in [0.25, 0.3) is 5.82 Å². The van der Waals surface area contributed by atoms with Gasteiger partial charge in [-0.2, -0.15) is 9.13 Å². The molecule has 0 aliphatic rings. The number of nitrogens with zero attached hydrogens (tertiary/aromatic N) is 3. The second-order valence-electron chi connectivity index (χ2n) is 14.2. The van der Waals surface area contributed by atoms with E-state index in [2.05, 4.69) is 178 Å². The van der Waals surface area contributed by atoms with Crippen LogP contribution >= 0.6 is 0 Å². The van der Waals surface area contributed by atoms with Gasteiger partial charge in [-0.15, -0.1) is 0 Å². The van der Waals surface area contributed by atoms with Gasteiger partial charge in [-0.25, -0.2) is 0 Å². The molecule has 5 aromatic carbocycles. The molecule has 0 aliphatic carbocycles. The highest BCUT2D eigenvalue weighted by molar-refractivity contribution is 6.09. The third-order valence-corrected chi connectivity index (χ3v) is 9.25. The topological polar surface area (TPSA) is 13.7 Å². The van der Waals surface area contributed by atoms with Gasteiger partial charge in [0.05, 0.1) is 16.7 Å². The highest BCUT2D eigenvalue weighted by Crippen LogP contribution is 2.37. The van der Waals surface area contributed by atoms with Crippen LogP contribution in [0.15, 0.2) is 109 Å². The molecule has 0 atom stereocenters. The second kappa shape index (κ2) is 9.95. The third kappa shape index (κ3) is 4.29. The van der Waals surface area contributed by atoms with Gasteiger partial charge in [-0.3, -0.25) is 0 Å². The predicted octanol–water partition coefficient (Wildman–Crippen LogP) is 10.2. The van der Waals surface area contributed by atoms with E-state index in [4.69, 9.17) is 0 Å². The van der Waals surface area contributed by atoms with E-state index in [-0.39, 0.29) is 10.8 Å². The molecule has 220 valence electrons. The standard InChI is InChI=1S/C41H42N3/c1-27-32(41(6,7)8)25-29(40(3,4)5)26-39(27)43-28(2)42(35-21-13-14-22-36(35)43)37-23-15-16-24-38(37)44-33-19-11-9-17-30(33)31-18-10-12-20-34(31)44/h9-26H,1-8H3/q+1. The van der Waals surface area contributed by atoms with E-state index < -0.39 is 0 Å². The first-order valence-corrected chi connectivity index (χ1v) is 15.7. The van der Waals surface area contributed by atoms with E-state index in [1.165, 1.54) is 61.0 Å². The molecule has 0 fully saturated rings. The summed E-state index contributed by atoms with van der Waals surface area (Å²) in [6, 6.07) is 40.0. The summed E-state index contributed by atoms with van der Waals surface area (Å²) in [5.41, 5.74) is 12.5. The Kier molecular flexibility index (Phi) is 6.37. The van der Waals surface area contributed by atoms with Gasteiger partial charge in [-0.05, 0) is 71.3 Å². The predicted molar refractivity (Wildman–Crippen MR) is 186 cm³/mol. The van der Waals surface area contributed by atoms with Crippen LogP contribution in [-0.4, -0.2) is 9.13 Å². The molecule has 0 saturated heterocycles. The Morgan fingerprint density at radius 3 is 1.68 bits per heavy atom. The van der Waals surface area contributed by atoms with Crippen molar-refractivity contribution in [2.45, 2.75) is 66.2 Å². The van der Waals surface area contributed by atoms with Gasteiger partial charge in [0, 0.05) is 23.3 Å². The van der Waals surface area contributed by atoms with Gasteiger partial charge in [0.1, 0.15) is 5.69 Å². The summed E-state index contributed by atoms with van der Waals surface area (Å²) in [6.07, 6.45) is 0. The first-order valence-electron chi connectivity index (χ1n) is 15.7. The number of rotatable bonds is 3. The maximum atomic E-state index is 2.48. The minimum absolute atomic E-state index is 0.0239. The fourth-order valence-electron chi connectivity index (χ4n) is 7.07. The Hall–Kier alpha value is -4.63. The Morgan fingerprint density at radius 1 is 0.523 bits per heavy atom. The Balaban J connectivity index is 1.58.